The quantitative estimate of drug-likeness (QED) is 0.782. The van der Waals surface area contributed by atoms with Crippen LogP contribution in [0.3, 0.4) is 0 Å². The summed E-state index contributed by atoms with van der Waals surface area (Å²) in [6.07, 6.45) is 3.85. The maximum atomic E-state index is 5.96. The number of nitrogen functional groups attached to an aromatic ring is 1. The monoisotopic (exact) mass is 277 g/mol. The Morgan fingerprint density at radius 3 is 2.60 bits per heavy atom. The lowest BCUT2D eigenvalue weighted by atomic mass is 10.2. The molecule has 3 N–H and O–H groups in total. The second-order valence-electron chi connectivity index (χ2n) is 5.92. The molecule has 112 valence electrons. The van der Waals surface area contributed by atoms with Crippen molar-refractivity contribution < 1.29 is 0 Å². The minimum absolute atomic E-state index is 0.294. The van der Waals surface area contributed by atoms with E-state index in [9.17, 15) is 0 Å². The molecule has 0 saturated carbocycles. The van der Waals surface area contributed by atoms with Crippen LogP contribution in [-0.4, -0.2) is 41.0 Å². The first kappa shape index (κ1) is 15.0. The predicted molar refractivity (Wildman–Crippen MR) is 84.1 cm³/mol. The van der Waals surface area contributed by atoms with Gasteiger partial charge in [0.25, 0.3) is 0 Å². The smallest absolute Gasteiger partial charge is 0.135 e. The lowest BCUT2D eigenvalue weighted by molar-refractivity contribution is 0.337. The summed E-state index contributed by atoms with van der Waals surface area (Å²) in [5.74, 6) is 2.59. The van der Waals surface area contributed by atoms with Gasteiger partial charge < -0.3 is 16.0 Å². The fourth-order valence-corrected chi connectivity index (χ4v) is 2.50. The zero-order valence-electron chi connectivity index (χ0n) is 12.9. The first-order valence-electron chi connectivity index (χ1n) is 7.68. The van der Waals surface area contributed by atoms with Crippen LogP contribution in [0, 0.1) is 6.92 Å². The van der Waals surface area contributed by atoms with Crippen LogP contribution < -0.4 is 11.1 Å². The standard InChI is InChI=1S/C15H27N5/c1-11(2)14-18-13(16)12(3)15(19-14)17-7-6-10-20-8-4-5-9-20/h11H,4-10H2,1-3H3,(H3,16,17,18,19). The van der Waals surface area contributed by atoms with Gasteiger partial charge in [-0.15, -0.1) is 0 Å². The molecule has 0 radical (unpaired) electrons. The molecule has 1 saturated heterocycles. The number of hydrogen-bond acceptors (Lipinski definition) is 5. The number of likely N-dealkylation sites (tertiary alicyclic amines) is 1. The van der Waals surface area contributed by atoms with Crippen molar-refractivity contribution in [2.24, 2.45) is 0 Å². The van der Waals surface area contributed by atoms with Crippen molar-refractivity contribution in [3.8, 4) is 0 Å². The Balaban J connectivity index is 1.87. The molecule has 1 aromatic heterocycles. The van der Waals surface area contributed by atoms with Crippen molar-refractivity contribution in [1.82, 2.24) is 14.9 Å². The summed E-state index contributed by atoms with van der Waals surface area (Å²) < 4.78 is 0. The SMILES string of the molecule is Cc1c(N)nc(C(C)C)nc1NCCCN1CCCC1. The molecule has 5 heteroatoms. The highest BCUT2D eigenvalue weighted by atomic mass is 15.1. The molecule has 0 unspecified atom stereocenters. The van der Waals surface area contributed by atoms with Crippen LogP contribution in [0.5, 0.6) is 0 Å². The summed E-state index contributed by atoms with van der Waals surface area (Å²) in [7, 11) is 0. The van der Waals surface area contributed by atoms with Crippen molar-refractivity contribution in [3.05, 3.63) is 11.4 Å². The maximum Gasteiger partial charge on any atom is 0.135 e. The van der Waals surface area contributed by atoms with E-state index in [1.165, 1.54) is 32.5 Å². The van der Waals surface area contributed by atoms with Gasteiger partial charge in [0.15, 0.2) is 0 Å². The number of nitrogens with two attached hydrogens (primary N) is 1. The summed E-state index contributed by atoms with van der Waals surface area (Å²) in [6, 6.07) is 0. The van der Waals surface area contributed by atoms with E-state index in [2.05, 4.69) is 34.0 Å². The van der Waals surface area contributed by atoms with E-state index in [4.69, 9.17) is 5.73 Å². The molecular formula is C15H27N5. The van der Waals surface area contributed by atoms with Crippen LogP contribution in [0.2, 0.25) is 0 Å². The molecule has 0 spiro atoms. The summed E-state index contributed by atoms with van der Waals surface area (Å²) in [5, 5.41) is 3.42. The van der Waals surface area contributed by atoms with Crippen LogP contribution >= 0.6 is 0 Å². The van der Waals surface area contributed by atoms with E-state index in [0.717, 1.165) is 30.2 Å². The normalized spacial score (nSPS) is 16.0. The number of rotatable bonds is 6. The van der Waals surface area contributed by atoms with Crippen molar-refractivity contribution in [2.45, 2.75) is 46.0 Å². The van der Waals surface area contributed by atoms with E-state index < -0.39 is 0 Å². The van der Waals surface area contributed by atoms with Crippen molar-refractivity contribution in [2.75, 3.05) is 37.2 Å². The summed E-state index contributed by atoms with van der Waals surface area (Å²) >= 11 is 0. The number of nitrogens with zero attached hydrogens (tertiary/aromatic N) is 3. The number of hydrogen-bond donors (Lipinski definition) is 2. The minimum atomic E-state index is 0.294. The Morgan fingerprint density at radius 1 is 1.25 bits per heavy atom. The fourth-order valence-electron chi connectivity index (χ4n) is 2.50. The van der Waals surface area contributed by atoms with E-state index in [1.54, 1.807) is 0 Å². The molecule has 0 amide bonds. The Hall–Kier alpha value is -1.36. The van der Waals surface area contributed by atoms with Crippen LogP contribution in [0.25, 0.3) is 0 Å². The van der Waals surface area contributed by atoms with Gasteiger partial charge in [-0.05, 0) is 45.8 Å². The third kappa shape index (κ3) is 3.82. The molecule has 1 fully saturated rings. The van der Waals surface area contributed by atoms with Gasteiger partial charge >= 0.3 is 0 Å². The molecule has 1 aliphatic rings. The second kappa shape index (κ2) is 6.88. The van der Waals surface area contributed by atoms with Gasteiger partial charge in [0.05, 0.1) is 0 Å². The molecular weight excluding hydrogens is 250 g/mol. The van der Waals surface area contributed by atoms with Crippen LogP contribution in [-0.2, 0) is 0 Å². The minimum Gasteiger partial charge on any atom is -0.383 e. The Bertz CT molecular complexity index is 438. The number of nitrogens with one attached hydrogen (secondary N) is 1. The first-order valence-corrected chi connectivity index (χ1v) is 7.68. The molecule has 5 nitrogen and oxygen atoms in total. The van der Waals surface area contributed by atoms with Gasteiger partial charge in [-0.3, -0.25) is 0 Å². The van der Waals surface area contributed by atoms with E-state index >= 15 is 0 Å². The zero-order valence-corrected chi connectivity index (χ0v) is 12.9. The fraction of sp³-hybridized carbons (Fsp3) is 0.733. The third-order valence-electron chi connectivity index (χ3n) is 3.86. The lowest BCUT2D eigenvalue weighted by Crippen LogP contribution is -2.22. The first-order chi connectivity index (χ1) is 9.58. The molecule has 2 rings (SSSR count). The molecule has 0 bridgehead atoms. The van der Waals surface area contributed by atoms with Gasteiger partial charge in [-0.25, -0.2) is 9.97 Å². The van der Waals surface area contributed by atoms with E-state index in [1.807, 2.05) is 6.92 Å². The molecule has 1 aromatic rings. The Labute approximate surface area is 122 Å². The average Bonchev–Trinajstić information content (AvgIpc) is 2.92. The number of aromatic nitrogens is 2. The molecule has 20 heavy (non-hydrogen) atoms. The summed E-state index contributed by atoms with van der Waals surface area (Å²) in [5.41, 5.74) is 6.92. The average molecular weight is 277 g/mol. The van der Waals surface area contributed by atoms with Gasteiger partial charge in [-0.2, -0.15) is 0 Å². The van der Waals surface area contributed by atoms with Crippen molar-refractivity contribution >= 4 is 11.6 Å². The maximum absolute atomic E-state index is 5.96. The van der Waals surface area contributed by atoms with Crippen LogP contribution in [0.4, 0.5) is 11.6 Å². The Morgan fingerprint density at radius 2 is 1.95 bits per heavy atom. The zero-order chi connectivity index (χ0) is 14.5. The lowest BCUT2D eigenvalue weighted by Gasteiger charge is -2.16. The number of anilines is 2. The van der Waals surface area contributed by atoms with Crippen molar-refractivity contribution in [1.29, 1.82) is 0 Å². The largest absolute Gasteiger partial charge is 0.383 e. The predicted octanol–water partition coefficient (Wildman–Crippen LogP) is 2.39. The highest BCUT2D eigenvalue weighted by Gasteiger charge is 2.12. The molecule has 0 aromatic carbocycles. The highest BCUT2D eigenvalue weighted by molar-refractivity contribution is 5.54. The molecule has 2 heterocycles. The highest BCUT2D eigenvalue weighted by Crippen LogP contribution is 2.20. The molecule has 0 atom stereocenters. The topological polar surface area (TPSA) is 67.1 Å². The van der Waals surface area contributed by atoms with Gasteiger partial charge in [0, 0.05) is 18.0 Å². The van der Waals surface area contributed by atoms with Gasteiger partial charge in [-0.1, -0.05) is 13.8 Å². The van der Waals surface area contributed by atoms with Crippen molar-refractivity contribution in [3.63, 3.8) is 0 Å². The van der Waals surface area contributed by atoms with Gasteiger partial charge in [0.1, 0.15) is 17.5 Å². The van der Waals surface area contributed by atoms with Crippen LogP contribution in [0.15, 0.2) is 0 Å². The van der Waals surface area contributed by atoms with Crippen LogP contribution in [0.1, 0.15) is 50.4 Å². The third-order valence-corrected chi connectivity index (χ3v) is 3.86. The second-order valence-corrected chi connectivity index (χ2v) is 5.92. The Kier molecular flexibility index (Phi) is 5.17. The van der Waals surface area contributed by atoms with E-state index in [-0.39, 0.29) is 0 Å². The summed E-state index contributed by atoms with van der Waals surface area (Å²) in [6.45, 7) is 10.8. The molecule has 0 aliphatic carbocycles. The summed E-state index contributed by atoms with van der Waals surface area (Å²) in [4.78, 5) is 11.5. The van der Waals surface area contributed by atoms with E-state index in [0.29, 0.717) is 11.7 Å². The van der Waals surface area contributed by atoms with Gasteiger partial charge in [0.2, 0.25) is 0 Å². The molecule has 1 aliphatic heterocycles.